The van der Waals surface area contributed by atoms with Crippen LogP contribution in [0.5, 0.6) is 0 Å². The van der Waals surface area contributed by atoms with E-state index in [0.29, 0.717) is 18.7 Å². The zero-order valence-electron chi connectivity index (χ0n) is 18.6. The van der Waals surface area contributed by atoms with Gasteiger partial charge in [-0.25, -0.2) is 0 Å². The van der Waals surface area contributed by atoms with Crippen LogP contribution < -0.4 is 16.0 Å². The number of rotatable bonds is 7. The number of nitrogens with zero attached hydrogens (tertiary/aromatic N) is 3. The lowest BCUT2D eigenvalue weighted by Crippen LogP contribution is -2.40. The van der Waals surface area contributed by atoms with E-state index in [4.69, 9.17) is 5.73 Å². The van der Waals surface area contributed by atoms with Gasteiger partial charge < -0.3 is 16.0 Å². The lowest BCUT2D eigenvalue weighted by Gasteiger charge is -2.31. The molecule has 0 spiro atoms. The molecule has 2 heterocycles. The van der Waals surface area contributed by atoms with Crippen LogP contribution in [0.2, 0.25) is 0 Å². The molecule has 0 aliphatic carbocycles. The fourth-order valence-corrected chi connectivity index (χ4v) is 4.41. The molecule has 0 saturated carbocycles. The second-order valence-electron chi connectivity index (χ2n) is 8.26. The van der Waals surface area contributed by atoms with E-state index in [1.165, 1.54) is 5.56 Å². The summed E-state index contributed by atoms with van der Waals surface area (Å²) in [4.78, 5) is 26.5. The summed E-state index contributed by atoms with van der Waals surface area (Å²) in [5.41, 5.74) is 12.2. The van der Waals surface area contributed by atoms with Crippen LogP contribution in [0, 0.1) is 13.8 Å². The van der Waals surface area contributed by atoms with Crippen LogP contribution in [0.1, 0.15) is 44.9 Å². The Balaban J connectivity index is 1.42. The Hall–Kier alpha value is -3.61. The summed E-state index contributed by atoms with van der Waals surface area (Å²) in [6, 6.07) is 15.7. The minimum absolute atomic E-state index is 0.0584. The average molecular weight is 432 g/mol. The Kier molecular flexibility index (Phi) is 6.25. The van der Waals surface area contributed by atoms with Crippen molar-refractivity contribution < 1.29 is 9.59 Å². The van der Waals surface area contributed by atoms with E-state index in [2.05, 4.69) is 22.5 Å². The molecule has 1 aliphatic heterocycles. The largest absolute Gasteiger partial charge is 0.366 e. The number of amides is 2. The molecule has 1 aliphatic rings. The number of benzene rings is 2. The third-order valence-electron chi connectivity index (χ3n) is 6.12. The Morgan fingerprint density at radius 2 is 1.88 bits per heavy atom. The molecule has 0 fully saturated rings. The summed E-state index contributed by atoms with van der Waals surface area (Å²) in [7, 11) is 0. The molecule has 0 saturated heterocycles. The van der Waals surface area contributed by atoms with Crippen molar-refractivity contribution in [1.29, 1.82) is 0 Å². The van der Waals surface area contributed by atoms with Gasteiger partial charge in [0.2, 0.25) is 11.8 Å². The van der Waals surface area contributed by atoms with E-state index >= 15 is 0 Å². The first-order chi connectivity index (χ1) is 15.4. The molecular weight excluding hydrogens is 402 g/mol. The maximum Gasteiger partial charge on any atom is 0.249 e. The van der Waals surface area contributed by atoms with E-state index in [0.717, 1.165) is 47.6 Å². The molecule has 32 heavy (non-hydrogen) atoms. The van der Waals surface area contributed by atoms with E-state index in [-0.39, 0.29) is 12.5 Å². The number of hydrogen-bond donors (Lipinski definition) is 2. The summed E-state index contributed by atoms with van der Waals surface area (Å²) in [5.74, 6) is -0.483. The van der Waals surface area contributed by atoms with Crippen LogP contribution in [0.15, 0.2) is 48.5 Å². The monoisotopic (exact) mass is 431 g/mol. The Bertz CT molecular complexity index is 1140. The SMILES string of the molecule is Cc1nn(Cc2ccccc2)c(C)c1CNC(=O)CN1CCCc2c(C(N)=O)cccc21. The summed E-state index contributed by atoms with van der Waals surface area (Å²) >= 11 is 0. The van der Waals surface area contributed by atoms with Gasteiger partial charge in [0.15, 0.2) is 0 Å². The van der Waals surface area contributed by atoms with Gasteiger partial charge in [-0.1, -0.05) is 36.4 Å². The quantitative estimate of drug-likeness (QED) is 0.602. The maximum atomic E-state index is 12.8. The summed E-state index contributed by atoms with van der Waals surface area (Å²) in [6.07, 6.45) is 1.68. The van der Waals surface area contributed by atoms with E-state index in [1.54, 1.807) is 6.07 Å². The van der Waals surface area contributed by atoms with Gasteiger partial charge in [-0.05, 0) is 49.9 Å². The first-order valence-electron chi connectivity index (χ1n) is 10.9. The number of hydrogen-bond acceptors (Lipinski definition) is 4. The number of aryl methyl sites for hydroxylation is 1. The molecule has 3 aromatic rings. The Labute approximate surface area is 188 Å². The van der Waals surface area contributed by atoms with Crippen molar-refractivity contribution in [2.24, 2.45) is 5.73 Å². The number of anilines is 1. The number of aromatic nitrogens is 2. The van der Waals surface area contributed by atoms with Crippen LogP contribution in [-0.4, -0.2) is 34.7 Å². The number of nitrogens with one attached hydrogen (secondary N) is 1. The molecule has 7 heteroatoms. The maximum absolute atomic E-state index is 12.8. The predicted molar refractivity (Wildman–Crippen MR) is 125 cm³/mol. The van der Waals surface area contributed by atoms with E-state index in [9.17, 15) is 9.59 Å². The van der Waals surface area contributed by atoms with Gasteiger partial charge in [0, 0.05) is 35.6 Å². The van der Waals surface area contributed by atoms with Crippen LogP contribution >= 0.6 is 0 Å². The molecule has 166 valence electrons. The predicted octanol–water partition coefficient (Wildman–Crippen LogP) is 2.72. The third kappa shape index (κ3) is 4.51. The molecule has 2 aromatic carbocycles. The third-order valence-corrected chi connectivity index (χ3v) is 6.12. The van der Waals surface area contributed by atoms with Crippen molar-refractivity contribution in [3.8, 4) is 0 Å². The molecule has 2 amide bonds. The minimum Gasteiger partial charge on any atom is -0.366 e. The highest BCUT2D eigenvalue weighted by atomic mass is 16.2. The molecule has 1 aromatic heterocycles. The van der Waals surface area contributed by atoms with E-state index in [1.807, 2.05) is 53.8 Å². The van der Waals surface area contributed by atoms with Gasteiger partial charge >= 0.3 is 0 Å². The number of fused-ring (bicyclic) bond motifs is 1. The lowest BCUT2D eigenvalue weighted by atomic mass is 9.96. The molecule has 7 nitrogen and oxygen atoms in total. The second-order valence-corrected chi connectivity index (χ2v) is 8.26. The van der Waals surface area contributed by atoms with Gasteiger partial charge in [0.25, 0.3) is 0 Å². The topological polar surface area (TPSA) is 93.2 Å². The number of primary amides is 1. The van der Waals surface area contributed by atoms with Gasteiger partial charge in [-0.2, -0.15) is 5.10 Å². The smallest absolute Gasteiger partial charge is 0.249 e. The fourth-order valence-electron chi connectivity index (χ4n) is 4.41. The molecule has 3 N–H and O–H groups in total. The molecule has 0 bridgehead atoms. The van der Waals surface area contributed by atoms with Crippen molar-refractivity contribution in [1.82, 2.24) is 15.1 Å². The molecule has 0 radical (unpaired) electrons. The normalized spacial score (nSPS) is 13.0. The van der Waals surface area contributed by atoms with Gasteiger partial charge in [0.1, 0.15) is 0 Å². The first kappa shape index (κ1) is 21.6. The Morgan fingerprint density at radius 1 is 1.09 bits per heavy atom. The van der Waals surface area contributed by atoms with Crippen LogP contribution in [0.25, 0.3) is 0 Å². The van der Waals surface area contributed by atoms with Crippen molar-refractivity contribution >= 4 is 17.5 Å². The second kappa shape index (κ2) is 9.26. The minimum atomic E-state index is -0.424. The van der Waals surface area contributed by atoms with Crippen molar-refractivity contribution in [3.05, 3.63) is 82.2 Å². The molecule has 0 atom stereocenters. The zero-order chi connectivity index (χ0) is 22.7. The van der Waals surface area contributed by atoms with Gasteiger partial charge in [0.05, 0.1) is 18.8 Å². The fraction of sp³-hybridized carbons (Fsp3) is 0.320. The lowest BCUT2D eigenvalue weighted by molar-refractivity contribution is -0.119. The van der Waals surface area contributed by atoms with Crippen LogP contribution in [0.4, 0.5) is 5.69 Å². The number of nitrogens with two attached hydrogens (primary N) is 1. The summed E-state index contributed by atoms with van der Waals surface area (Å²) in [6.45, 7) is 6.17. The molecular formula is C25H29N5O2. The van der Waals surface area contributed by atoms with E-state index < -0.39 is 5.91 Å². The van der Waals surface area contributed by atoms with Gasteiger partial charge in [-0.3, -0.25) is 14.3 Å². The van der Waals surface area contributed by atoms with Crippen LogP contribution in [-0.2, 0) is 24.3 Å². The Morgan fingerprint density at radius 3 is 2.62 bits per heavy atom. The standard InChI is InChI=1S/C25H29N5O2/c1-17-22(18(2)30(28-17)15-19-8-4-3-5-9-19)14-27-24(31)16-29-13-7-11-20-21(25(26)32)10-6-12-23(20)29/h3-6,8-10,12H,7,11,13-16H2,1-2H3,(H2,26,32)(H,27,31). The highest BCUT2D eigenvalue weighted by molar-refractivity contribution is 5.96. The zero-order valence-corrected chi connectivity index (χ0v) is 18.6. The first-order valence-corrected chi connectivity index (χ1v) is 10.9. The van der Waals surface area contributed by atoms with Crippen molar-refractivity contribution in [2.45, 2.75) is 39.8 Å². The van der Waals surface area contributed by atoms with Crippen molar-refractivity contribution in [3.63, 3.8) is 0 Å². The van der Waals surface area contributed by atoms with Gasteiger partial charge in [-0.15, -0.1) is 0 Å². The summed E-state index contributed by atoms with van der Waals surface area (Å²) < 4.78 is 1.98. The number of carbonyl (C=O) groups is 2. The van der Waals surface area contributed by atoms with Crippen molar-refractivity contribution in [2.75, 3.05) is 18.0 Å². The molecule has 4 rings (SSSR count). The summed E-state index contributed by atoms with van der Waals surface area (Å²) in [5, 5.41) is 7.71. The number of carbonyl (C=O) groups excluding carboxylic acids is 2. The highest BCUT2D eigenvalue weighted by Gasteiger charge is 2.23. The highest BCUT2D eigenvalue weighted by Crippen LogP contribution is 2.29. The van der Waals surface area contributed by atoms with Crippen LogP contribution in [0.3, 0.4) is 0 Å². The average Bonchev–Trinajstić information content (AvgIpc) is 3.05. The molecule has 0 unspecified atom stereocenters.